The third-order valence-corrected chi connectivity index (χ3v) is 6.41. The molecule has 3 fully saturated rings. The highest BCUT2D eigenvalue weighted by Gasteiger charge is 2.46. The summed E-state index contributed by atoms with van der Waals surface area (Å²) in [5.74, 6) is 0.148. The highest BCUT2D eigenvalue weighted by Crippen LogP contribution is 2.49. The number of sulfonamides is 1. The van der Waals surface area contributed by atoms with E-state index in [9.17, 15) is 8.42 Å². The predicted molar refractivity (Wildman–Crippen MR) is 66.8 cm³/mol. The fourth-order valence-electron chi connectivity index (χ4n) is 3.19. The lowest BCUT2D eigenvalue weighted by Gasteiger charge is -2.36. The van der Waals surface area contributed by atoms with Gasteiger partial charge in [0.25, 0.3) is 0 Å². The molecule has 5 nitrogen and oxygen atoms in total. The van der Waals surface area contributed by atoms with Gasteiger partial charge in [-0.2, -0.15) is 4.31 Å². The number of ether oxygens (including phenoxy) is 2. The van der Waals surface area contributed by atoms with Gasteiger partial charge in [-0.1, -0.05) is 6.42 Å². The number of morpholine rings is 1. The fraction of sp³-hybridized carbons (Fsp3) is 1.00. The molecule has 1 saturated carbocycles. The summed E-state index contributed by atoms with van der Waals surface area (Å²) in [6.07, 6.45) is 4.52. The van der Waals surface area contributed by atoms with Gasteiger partial charge in [0.2, 0.25) is 10.0 Å². The van der Waals surface area contributed by atoms with Crippen LogP contribution in [0.1, 0.15) is 25.7 Å². The Balaban J connectivity index is 1.58. The lowest BCUT2D eigenvalue weighted by atomic mass is 9.68. The fourth-order valence-corrected chi connectivity index (χ4v) is 4.79. The molecule has 2 heterocycles. The third-order valence-electron chi connectivity index (χ3n) is 4.46. The Morgan fingerprint density at radius 1 is 1.22 bits per heavy atom. The molecular weight excluding hydrogens is 254 g/mol. The van der Waals surface area contributed by atoms with Crippen molar-refractivity contribution in [2.45, 2.75) is 31.8 Å². The van der Waals surface area contributed by atoms with Crippen molar-refractivity contribution in [1.29, 1.82) is 0 Å². The lowest BCUT2D eigenvalue weighted by Crippen LogP contribution is -2.43. The van der Waals surface area contributed by atoms with Crippen LogP contribution in [0.25, 0.3) is 0 Å². The normalized spacial score (nSPS) is 32.6. The summed E-state index contributed by atoms with van der Waals surface area (Å²) in [5, 5.41) is 0. The molecule has 1 atom stereocenters. The predicted octanol–water partition coefficient (Wildman–Crippen LogP) is 0.608. The van der Waals surface area contributed by atoms with E-state index in [1.165, 1.54) is 19.3 Å². The van der Waals surface area contributed by atoms with Crippen molar-refractivity contribution in [3.8, 4) is 0 Å². The highest BCUT2D eigenvalue weighted by atomic mass is 32.2. The summed E-state index contributed by atoms with van der Waals surface area (Å²) in [4.78, 5) is 0. The Kier molecular flexibility index (Phi) is 3.38. The molecule has 3 rings (SSSR count). The Morgan fingerprint density at radius 3 is 2.50 bits per heavy atom. The number of nitrogens with zero attached hydrogens (tertiary/aromatic N) is 1. The second kappa shape index (κ2) is 4.74. The van der Waals surface area contributed by atoms with Crippen LogP contribution >= 0.6 is 0 Å². The van der Waals surface area contributed by atoms with Gasteiger partial charge in [-0.05, 0) is 24.7 Å². The van der Waals surface area contributed by atoms with E-state index < -0.39 is 10.0 Å². The number of hydrogen-bond acceptors (Lipinski definition) is 4. The minimum atomic E-state index is -3.17. The first-order valence-electron chi connectivity index (χ1n) is 6.77. The van der Waals surface area contributed by atoms with E-state index in [0.29, 0.717) is 31.7 Å². The van der Waals surface area contributed by atoms with Crippen LogP contribution in [0.15, 0.2) is 0 Å². The largest absolute Gasteiger partial charge is 0.379 e. The molecule has 0 aromatic heterocycles. The van der Waals surface area contributed by atoms with Gasteiger partial charge in [-0.25, -0.2) is 8.42 Å². The molecule has 0 radical (unpaired) electrons. The zero-order valence-corrected chi connectivity index (χ0v) is 11.5. The number of hydrogen-bond donors (Lipinski definition) is 0. The molecule has 2 saturated heterocycles. The minimum Gasteiger partial charge on any atom is -0.379 e. The summed E-state index contributed by atoms with van der Waals surface area (Å²) in [6.45, 7) is 2.75. The Hall–Kier alpha value is -0.170. The molecule has 0 N–H and O–H groups in total. The van der Waals surface area contributed by atoms with E-state index in [1.807, 2.05) is 0 Å². The lowest BCUT2D eigenvalue weighted by molar-refractivity contribution is 0.0681. The van der Waals surface area contributed by atoms with Gasteiger partial charge in [0, 0.05) is 13.1 Å². The van der Waals surface area contributed by atoms with Crippen LogP contribution in [0.4, 0.5) is 0 Å². The first-order chi connectivity index (χ1) is 8.60. The molecule has 1 aliphatic carbocycles. The van der Waals surface area contributed by atoms with Crippen LogP contribution < -0.4 is 0 Å². The van der Waals surface area contributed by atoms with Crippen LogP contribution in [-0.2, 0) is 19.5 Å². The van der Waals surface area contributed by atoms with Crippen molar-refractivity contribution >= 4 is 10.0 Å². The highest BCUT2D eigenvalue weighted by molar-refractivity contribution is 7.89. The minimum absolute atomic E-state index is 0.0989. The molecule has 6 heteroatoms. The molecule has 104 valence electrons. The molecule has 3 aliphatic rings. The summed E-state index contributed by atoms with van der Waals surface area (Å²) in [7, 11) is -3.17. The summed E-state index contributed by atoms with van der Waals surface area (Å²) >= 11 is 0. The Bertz CT molecular complexity index is 398. The van der Waals surface area contributed by atoms with Crippen LogP contribution in [0.2, 0.25) is 0 Å². The first-order valence-corrected chi connectivity index (χ1v) is 8.38. The van der Waals surface area contributed by atoms with Crippen molar-refractivity contribution in [2.24, 2.45) is 5.41 Å². The average molecular weight is 275 g/mol. The average Bonchev–Trinajstić information content (AvgIpc) is 2.74. The molecule has 1 spiro atoms. The standard InChI is InChI=1S/C12H21NO4S/c14-18(15,13-4-6-16-7-5-13)9-11-8-12(10-17-11)2-1-3-12/h11H,1-10H2. The SMILES string of the molecule is O=S(=O)(CC1CC2(CCC2)CO1)N1CCOCC1. The Labute approximate surface area is 108 Å². The van der Waals surface area contributed by atoms with Gasteiger partial charge >= 0.3 is 0 Å². The smallest absolute Gasteiger partial charge is 0.216 e. The molecular formula is C12H21NO4S. The molecule has 1 unspecified atom stereocenters. The van der Waals surface area contributed by atoms with Gasteiger partial charge in [0.15, 0.2) is 0 Å². The second-order valence-electron chi connectivity index (χ2n) is 5.78. The second-order valence-corrected chi connectivity index (χ2v) is 7.79. The van der Waals surface area contributed by atoms with Crippen molar-refractivity contribution in [1.82, 2.24) is 4.31 Å². The molecule has 0 amide bonds. The van der Waals surface area contributed by atoms with E-state index >= 15 is 0 Å². The molecule has 0 aromatic rings. The topological polar surface area (TPSA) is 55.8 Å². The summed E-state index contributed by atoms with van der Waals surface area (Å²) < 4.78 is 36.9. The quantitative estimate of drug-likeness (QED) is 0.757. The van der Waals surface area contributed by atoms with Gasteiger partial charge < -0.3 is 9.47 Å². The third kappa shape index (κ3) is 2.43. The molecule has 2 aliphatic heterocycles. The zero-order chi connectivity index (χ0) is 12.6. The summed E-state index contributed by atoms with van der Waals surface area (Å²) in [5.41, 5.74) is 0.325. The van der Waals surface area contributed by atoms with Crippen molar-refractivity contribution in [2.75, 3.05) is 38.7 Å². The maximum Gasteiger partial charge on any atom is 0.216 e. The van der Waals surface area contributed by atoms with E-state index in [0.717, 1.165) is 13.0 Å². The van der Waals surface area contributed by atoms with E-state index in [-0.39, 0.29) is 11.9 Å². The van der Waals surface area contributed by atoms with Gasteiger partial charge in [-0.15, -0.1) is 0 Å². The van der Waals surface area contributed by atoms with Crippen molar-refractivity contribution in [3.05, 3.63) is 0 Å². The maximum absolute atomic E-state index is 12.2. The van der Waals surface area contributed by atoms with Crippen LogP contribution in [0.3, 0.4) is 0 Å². The van der Waals surface area contributed by atoms with E-state index in [4.69, 9.17) is 9.47 Å². The first kappa shape index (κ1) is 12.8. The van der Waals surface area contributed by atoms with E-state index in [1.54, 1.807) is 4.31 Å². The van der Waals surface area contributed by atoms with Crippen LogP contribution in [0.5, 0.6) is 0 Å². The van der Waals surface area contributed by atoms with Crippen LogP contribution in [-0.4, -0.2) is 57.5 Å². The molecule has 18 heavy (non-hydrogen) atoms. The van der Waals surface area contributed by atoms with Gasteiger partial charge in [0.1, 0.15) is 0 Å². The van der Waals surface area contributed by atoms with Gasteiger partial charge in [0.05, 0.1) is 31.7 Å². The number of rotatable bonds is 3. The monoisotopic (exact) mass is 275 g/mol. The molecule has 0 bridgehead atoms. The molecule has 0 aromatic carbocycles. The van der Waals surface area contributed by atoms with E-state index in [2.05, 4.69) is 0 Å². The van der Waals surface area contributed by atoms with Crippen molar-refractivity contribution in [3.63, 3.8) is 0 Å². The van der Waals surface area contributed by atoms with Gasteiger partial charge in [-0.3, -0.25) is 0 Å². The van der Waals surface area contributed by atoms with Crippen molar-refractivity contribution < 1.29 is 17.9 Å². The van der Waals surface area contributed by atoms with Crippen LogP contribution in [0, 0.1) is 5.41 Å². The Morgan fingerprint density at radius 2 is 1.94 bits per heavy atom. The maximum atomic E-state index is 12.2. The summed E-state index contributed by atoms with van der Waals surface area (Å²) in [6, 6.07) is 0. The zero-order valence-electron chi connectivity index (χ0n) is 10.6.